The summed E-state index contributed by atoms with van der Waals surface area (Å²) in [7, 11) is 1.56. The second kappa shape index (κ2) is 21.6. The lowest BCUT2D eigenvalue weighted by Gasteiger charge is -2.31. The van der Waals surface area contributed by atoms with Crippen LogP contribution >= 0.6 is 11.3 Å². The van der Waals surface area contributed by atoms with Crippen LogP contribution in [0.5, 0.6) is 11.5 Å². The van der Waals surface area contributed by atoms with Crippen molar-refractivity contribution in [3.63, 3.8) is 0 Å². The van der Waals surface area contributed by atoms with Gasteiger partial charge in [0.2, 0.25) is 23.5 Å². The number of methoxy groups -OCH3 is 1. The molecule has 2 aliphatic rings. The van der Waals surface area contributed by atoms with E-state index in [2.05, 4.69) is 26.6 Å². The highest BCUT2D eigenvalue weighted by atomic mass is 32.1. The Morgan fingerprint density at radius 1 is 0.924 bits per heavy atom. The van der Waals surface area contributed by atoms with Gasteiger partial charge in [-0.2, -0.15) is 0 Å². The second-order valence-corrected chi connectivity index (χ2v) is 18.9. The van der Waals surface area contributed by atoms with E-state index in [1.165, 1.54) is 16.2 Å². The number of aromatic nitrogens is 2. The minimum Gasteiger partial charge on any atom is -0.497 e. The van der Waals surface area contributed by atoms with Gasteiger partial charge in [0.05, 0.1) is 36.2 Å². The van der Waals surface area contributed by atoms with E-state index >= 15 is 0 Å². The molecule has 4 aromatic rings. The Hall–Kier alpha value is -6.56. The predicted molar refractivity (Wildman–Crippen MR) is 254 cm³/mol. The summed E-state index contributed by atoms with van der Waals surface area (Å²) >= 11 is 1.44. The molecule has 5 N–H and O–H groups in total. The number of para-hydroxylation sites is 2. The molecule has 1 fully saturated rings. The minimum absolute atomic E-state index is 0.0146. The van der Waals surface area contributed by atoms with Crippen LogP contribution in [0.1, 0.15) is 87.0 Å². The normalized spacial score (nSPS) is 19.5. The molecule has 352 valence electrons. The SMILES string of the molecule is COc1ccc2c(O[C@H]3C[C@@H](C(=O)N[C@@H]4C/C=C/CCCCC(=O)Nc5ccccc5NC(=O)C4=O)N(C(=O)[C@H](NC(=O)OC(C)(C)C)C(C)C)C3)cc(-c3csc(NC(C)C)n3)nc2c1. The molecule has 18 heteroatoms. The number of amides is 5. The molecule has 66 heavy (non-hydrogen) atoms. The highest BCUT2D eigenvalue weighted by Gasteiger charge is 2.45. The lowest BCUT2D eigenvalue weighted by Crippen LogP contribution is -2.57. The summed E-state index contributed by atoms with van der Waals surface area (Å²) in [5.41, 5.74) is 1.40. The fourth-order valence-corrected chi connectivity index (χ4v) is 8.42. The van der Waals surface area contributed by atoms with Gasteiger partial charge in [-0.05, 0) is 90.5 Å². The third-order valence-corrected chi connectivity index (χ3v) is 11.5. The number of thiazole rings is 1. The molecule has 2 aromatic heterocycles. The molecular formula is C48H60N8O9S. The van der Waals surface area contributed by atoms with Gasteiger partial charge in [0.1, 0.15) is 47.0 Å². The summed E-state index contributed by atoms with van der Waals surface area (Å²) in [6, 6.07) is 10.2. The number of allylic oxidation sites excluding steroid dienone is 1. The Kier molecular flexibility index (Phi) is 16.0. The van der Waals surface area contributed by atoms with Crippen molar-refractivity contribution < 1.29 is 43.0 Å². The lowest BCUT2D eigenvalue weighted by molar-refractivity contribution is -0.142. The number of benzene rings is 2. The number of fused-ring (bicyclic) bond motifs is 2. The number of carbonyl (C=O) groups excluding carboxylic acids is 6. The van der Waals surface area contributed by atoms with E-state index in [-0.39, 0.29) is 43.4 Å². The van der Waals surface area contributed by atoms with Gasteiger partial charge in [0, 0.05) is 41.8 Å². The fraction of sp³-hybridized carbons (Fsp3) is 0.458. The predicted octanol–water partition coefficient (Wildman–Crippen LogP) is 7.24. The number of nitrogens with one attached hydrogen (secondary N) is 5. The van der Waals surface area contributed by atoms with Crippen molar-refractivity contribution >= 4 is 74.3 Å². The van der Waals surface area contributed by atoms with Crippen LogP contribution < -0.4 is 36.1 Å². The number of ketones is 1. The molecule has 5 amide bonds. The second-order valence-electron chi connectivity index (χ2n) is 18.0. The van der Waals surface area contributed by atoms with Crippen molar-refractivity contribution in [1.29, 1.82) is 0 Å². The molecule has 0 spiro atoms. The average Bonchev–Trinajstić information content (AvgIpc) is 3.91. The molecule has 6 rings (SSSR count). The molecule has 2 aromatic carbocycles. The number of hydrogen-bond donors (Lipinski definition) is 5. The molecule has 0 radical (unpaired) electrons. The smallest absolute Gasteiger partial charge is 0.408 e. The van der Waals surface area contributed by atoms with Crippen molar-refractivity contribution in [2.75, 3.05) is 29.6 Å². The van der Waals surface area contributed by atoms with E-state index in [0.717, 1.165) is 5.13 Å². The van der Waals surface area contributed by atoms with Crippen LogP contribution in [0.2, 0.25) is 0 Å². The monoisotopic (exact) mass is 924 g/mol. The summed E-state index contributed by atoms with van der Waals surface area (Å²) in [4.78, 5) is 93.8. The van der Waals surface area contributed by atoms with Crippen LogP contribution in [0, 0.1) is 5.92 Å². The van der Waals surface area contributed by atoms with Gasteiger partial charge in [0.25, 0.3) is 5.91 Å². The largest absolute Gasteiger partial charge is 0.497 e. The number of pyridine rings is 1. The van der Waals surface area contributed by atoms with Gasteiger partial charge >= 0.3 is 6.09 Å². The quantitative estimate of drug-likeness (QED) is 0.0743. The van der Waals surface area contributed by atoms with Crippen molar-refractivity contribution in [3.8, 4) is 22.9 Å². The van der Waals surface area contributed by atoms with Gasteiger partial charge < -0.3 is 45.7 Å². The molecule has 17 nitrogen and oxygen atoms in total. The topological polar surface area (TPSA) is 219 Å². The van der Waals surface area contributed by atoms with E-state index in [0.29, 0.717) is 58.7 Å². The number of nitrogens with zero attached hydrogens (tertiary/aromatic N) is 3. The maximum atomic E-state index is 14.7. The zero-order chi connectivity index (χ0) is 47.7. The van der Waals surface area contributed by atoms with Crippen molar-refractivity contribution in [1.82, 2.24) is 25.5 Å². The zero-order valence-electron chi connectivity index (χ0n) is 38.7. The molecule has 4 heterocycles. The van der Waals surface area contributed by atoms with Crippen molar-refractivity contribution in [2.45, 2.75) is 123 Å². The summed E-state index contributed by atoms with van der Waals surface area (Å²) in [6.45, 7) is 12.6. The molecular weight excluding hydrogens is 865 g/mol. The summed E-state index contributed by atoms with van der Waals surface area (Å²) < 4.78 is 17.8. The first kappa shape index (κ1) is 48.9. The van der Waals surface area contributed by atoms with Crippen LogP contribution in [0.4, 0.5) is 21.3 Å². The van der Waals surface area contributed by atoms with Gasteiger partial charge in [-0.15, -0.1) is 11.3 Å². The maximum Gasteiger partial charge on any atom is 0.408 e. The van der Waals surface area contributed by atoms with Gasteiger partial charge in [0.15, 0.2) is 5.13 Å². The number of anilines is 3. The third-order valence-electron chi connectivity index (χ3n) is 10.8. The lowest BCUT2D eigenvalue weighted by atomic mass is 10.0. The summed E-state index contributed by atoms with van der Waals surface area (Å²) in [5.74, 6) is -2.86. The molecule has 0 unspecified atom stereocenters. The van der Waals surface area contributed by atoms with Gasteiger partial charge in [-0.25, -0.2) is 14.8 Å². The Morgan fingerprint density at radius 3 is 2.36 bits per heavy atom. The third kappa shape index (κ3) is 12.8. The van der Waals surface area contributed by atoms with E-state index in [1.807, 2.05) is 31.4 Å². The first-order valence-corrected chi connectivity index (χ1v) is 23.1. The number of rotatable bonds is 11. The molecule has 0 aliphatic carbocycles. The molecule has 4 atom stereocenters. The Morgan fingerprint density at radius 2 is 1.67 bits per heavy atom. The van der Waals surface area contributed by atoms with Gasteiger partial charge in [-0.3, -0.25) is 24.0 Å². The zero-order valence-corrected chi connectivity index (χ0v) is 39.5. The van der Waals surface area contributed by atoms with Crippen LogP contribution in [0.25, 0.3) is 22.3 Å². The summed E-state index contributed by atoms with van der Waals surface area (Å²) in [6.07, 6.45) is 4.15. The number of likely N-dealkylation sites (tertiary alicyclic amines) is 1. The number of carbonyl (C=O) groups is 6. The van der Waals surface area contributed by atoms with Crippen LogP contribution in [0.15, 0.2) is 66.1 Å². The molecule has 2 aliphatic heterocycles. The molecule has 0 bridgehead atoms. The Labute approximate surface area is 388 Å². The average molecular weight is 925 g/mol. The van der Waals surface area contributed by atoms with Crippen LogP contribution in [-0.2, 0) is 28.7 Å². The van der Waals surface area contributed by atoms with Gasteiger partial charge in [-0.1, -0.05) is 38.1 Å². The number of ether oxygens (including phenoxy) is 3. The minimum atomic E-state index is -1.33. The van der Waals surface area contributed by atoms with Crippen molar-refractivity contribution in [2.24, 2.45) is 5.92 Å². The Balaban J connectivity index is 1.33. The number of Topliss-reactive ketones (excluding diaryl/α,β-unsaturated/α-hetero) is 1. The summed E-state index contributed by atoms with van der Waals surface area (Å²) in [5, 5.41) is 17.5. The molecule has 0 saturated carbocycles. The Bertz CT molecular complexity index is 2460. The standard InChI is InChI=1S/C48H60N8O9S/c1-27(2)41(55-47(62)65-48(5,6)7)45(61)56-25-30(64-39-24-36(37-26-66-46(54-37)49-28(3)4)50-35-22-29(63-8)20-21-31(35)39)23-38(56)43(59)53-34-18-12-10-9-11-13-19-40(57)51-32-16-14-15-17-33(32)52-44(60)42(34)58/h10,12,14-17,20-22,24,26-28,30,34,38,41H,9,11,13,18-19,23,25H2,1-8H3,(H,49,54)(H,51,57)(H,52,60)(H,53,59)(H,55,62)/b12-10+/t30-,34+,38-,41+/m0/s1. The molecule has 1 saturated heterocycles. The first-order chi connectivity index (χ1) is 31.4. The first-order valence-electron chi connectivity index (χ1n) is 22.3. The van der Waals surface area contributed by atoms with Crippen molar-refractivity contribution in [3.05, 3.63) is 66.1 Å². The van der Waals surface area contributed by atoms with E-state index in [9.17, 15) is 28.8 Å². The fourth-order valence-electron chi connectivity index (χ4n) is 7.57. The van der Waals surface area contributed by atoms with E-state index in [4.69, 9.17) is 24.2 Å². The highest BCUT2D eigenvalue weighted by Crippen LogP contribution is 2.36. The highest BCUT2D eigenvalue weighted by molar-refractivity contribution is 7.14. The van der Waals surface area contributed by atoms with E-state index < -0.39 is 65.3 Å². The van der Waals surface area contributed by atoms with Crippen LogP contribution in [0.3, 0.4) is 0 Å². The number of alkyl carbamates (subject to hydrolysis) is 1. The number of hydrogen-bond acceptors (Lipinski definition) is 13. The maximum absolute atomic E-state index is 14.7. The van der Waals surface area contributed by atoms with E-state index in [1.54, 1.807) is 90.3 Å². The van der Waals surface area contributed by atoms with Crippen LogP contribution in [-0.4, -0.2) is 99.9 Å².